The second-order valence-corrected chi connectivity index (χ2v) is 9.93. The largest absolute Gasteiger partial charge is 0.379 e. The van der Waals surface area contributed by atoms with Gasteiger partial charge in [0, 0.05) is 23.6 Å². The molecule has 39 heavy (non-hydrogen) atoms. The molecule has 1 aromatic carbocycles. The van der Waals surface area contributed by atoms with Crippen LogP contribution in [-0.2, 0) is 9.53 Å². The lowest BCUT2D eigenvalue weighted by Gasteiger charge is -2.15. The summed E-state index contributed by atoms with van der Waals surface area (Å²) in [6, 6.07) is 7.97. The number of nitriles is 1. The lowest BCUT2D eigenvalue weighted by Crippen LogP contribution is -2.20. The van der Waals surface area contributed by atoms with Crippen LogP contribution in [0.25, 0.3) is 11.0 Å². The van der Waals surface area contributed by atoms with Gasteiger partial charge in [0.2, 0.25) is 5.95 Å². The monoisotopic (exact) mass is 524 g/mol. The van der Waals surface area contributed by atoms with E-state index in [9.17, 15) is 10.1 Å². The van der Waals surface area contributed by atoms with E-state index >= 15 is 0 Å². The Kier molecular flexibility index (Phi) is 8.32. The van der Waals surface area contributed by atoms with E-state index in [1.807, 2.05) is 52.0 Å². The molecule has 1 amide bonds. The lowest BCUT2D eigenvalue weighted by molar-refractivity contribution is -0.112. The van der Waals surface area contributed by atoms with Crippen LogP contribution in [0, 0.1) is 23.7 Å². The summed E-state index contributed by atoms with van der Waals surface area (Å²) >= 11 is 0. The van der Waals surface area contributed by atoms with E-state index in [1.165, 1.54) is 6.33 Å². The molecule has 200 valence electrons. The Hall–Kier alpha value is -4.62. The molecule has 0 saturated carbocycles. The normalized spacial score (nSPS) is 15.8. The fraction of sp³-hybridized carbons (Fsp3) is 0.310. The van der Waals surface area contributed by atoms with Crippen molar-refractivity contribution in [3.8, 4) is 6.07 Å². The first-order valence-electron chi connectivity index (χ1n) is 12.6. The van der Waals surface area contributed by atoms with Crippen molar-refractivity contribution in [2.24, 2.45) is 5.41 Å². The number of benzene rings is 1. The molecule has 1 fully saturated rings. The van der Waals surface area contributed by atoms with E-state index in [2.05, 4.69) is 48.5 Å². The van der Waals surface area contributed by atoms with Gasteiger partial charge >= 0.3 is 0 Å². The minimum atomic E-state index is -0.580. The molecule has 0 radical (unpaired) electrons. The van der Waals surface area contributed by atoms with Crippen LogP contribution in [0.3, 0.4) is 0 Å². The first-order chi connectivity index (χ1) is 18.7. The van der Waals surface area contributed by atoms with E-state index in [1.54, 1.807) is 18.3 Å². The highest BCUT2D eigenvalue weighted by Gasteiger charge is 2.19. The third-order valence-corrected chi connectivity index (χ3v) is 6.59. The summed E-state index contributed by atoms with van der Waals surface area (Å²) in [4.78, 5) is 30.4. The van der Waals surface area contributed by atoms with Crippen molar-refractivity contribution in [2.75, 3.05) is 29.2 Å². The molecule has 4 rings (SSSR count). The SMILES string of the molecule is C=C(/C=C\C=C(/C)C(C)(C)C#N)C(=O)Nc1ccc(C)c(Nc2ncnc3cnc(NC4CCOC4)nc23)c1. The van der Waals surface area contributed by atoms with Gasteiger partial charge in [-0.3, -0.25) is 4.79 Å². The van der Waals surface area contributed by atoms with Gasteiger partial charge in [-0.15, -0.1) is 0 Å². The van der Waals surface area contributed by atoms with Crippen LogP contribution in [0.1, 0.15) is 32.8 Å². The number of carbonyl (C=O) groups is 1. The number of nitrogens with zero attached hydrogens (tertiary/aromatic N) is 5. The van der Waals surface area contributed by atoms with Gasteiger partial charge in [0.1, 0.15) is 17.4 Å². The van der Waals surface area contributed by atoms with Gasteiger partial charge in [-0.1, -0.05) is 36.4 Å². The highest BCUT2D eigenvalue weighted by molar-refractivity contribution is 6.05. The number of hydrogen-bond donors (Lipinski definition) is 3. The van der Waals surface area contributed by atoms with E-state index in [-0.39, 0.29) is 17.5 Å². The Morgan fingerprint density at radius 1 is 1.28 bits per heavy atom. The maximum absolute atomic E-state index is 12.7. The summed E-state index contributed by atoms with van der Waals surface area (Å²) in [5.74, 6) is 0.675. The Labute approximate surface area is 227 Å². The lowest BCUT2D eigenvalue weighted by atomic mass is 9.87. The van der Waals surface area contributed by atoms with Crippen LogP contribution in [0.5, 0.6) is 0 Å². The highest BCUT2D eigenvalue weighted by Crippen LogP contribution is 2.27. The van der Waals surface area contributed by atoms with Gasteiger partial charge in [0.25, 0.3) is 5.91 Å². The molecule has 3 N–H and O–H groups in total. The third-order valence-electron chi connectivity index (χ3n) is 6.59. The molecule has 1 aliphatic rings. The van der Waals surface area contributed by atoms with E-state index in [0.717, 1.165) is 23.2 Å². The first-order valence-corrected chi connectivity index (χ1v) is 12.6. The second kappa shape index (κ2) is 11.8. The molecule has 0 bridgehead atoms. The van der Waals surface area contributed by atoms with Gasteiger partial charge < -0.3 is 20.7 Å². The number of nitrogens with one attached hydrogen (secondary N) is 3. The molecule has 1 unspecified atom stereocenters. The van der Waals surface area contributed by atoms with E-state index in [0.29, 0.717) is 41.7 Å². The van der Waals surface area contributed by atoms with Crippen LogP contribution < -0.4 is 16.0 Å². The molecule has 1 saturated heterocycles. The average molecular weight is 525 g/mol. The maximum atomic E-state index is 12.7. The summed E-state index contributed by atoms with van der Waals surface area (Å²) in [6.07, 6.45) is 9.17. The van der Waals surface area contributed by atoms with E-state index in [4.69, 9.17) is 4.74 Å². The fourth-order valence-corrected chi connectivity index (χ4v) is 3.70. The number of hydrogen-bond acceptors (Lipinski definition) is 9. The Balaban J connectivity index is 1.49. The van der Waals surface area contributed by atoms with Crippen molar-refractivity contribution in [1.82, 2.24) is 19.9 Å². The maximum Gasteiger partial charge on any atom is 0.255 e. The van der Waals surface area contributed by atoms with Gasteiger partial charge in [-0.25, -0.2) is 19.9 Å². The molecule has 1 aliphatic heterocycles. The van der Waals surface area contributed by atoms with Crippen molar-refractivity contribution in [3.05, 3.63) is 72.2 Å². The van der Waals surface area contributed by atoms with Crippen molar-refractivity contribution >= 4 is 40.1 Å². The van der Waals surface area contributed by atoms with Gasteiger partial charge in [0.05, 0.1) is 30.3 Å². The second-order valence-electron chi connectivity index (χ2n) is 9.93. The number of fused-ring (bicyclic) bond motifs is 1. The van der Waals surface area contributed by atoms with Crippen molar-refractivity contribution in [2.45, 2.75) is 40.2 Å². The standard InChI is InChI=1S/C29H32N8O2/c1-18-9-10-21(34-27(38)19(2)7-6-8-20(3)29(4,5)16-30)13-23(18)36-26-25-24(32-17-33-26)14-31-28(37-25)35-22-11-12-39-15-22/h6-10,13-14,17,22H,2,11-12,15H2,1,3-5H3,(H,34,38)(H,31,35,37)(H,32,33,36)/b7-6-,20-8+. The predicted molar refractivity (Wildman–Crippen MR) is 152 cm³/mol. The minimum Gasteiger partial charge on any atom is -0.379 e. The molecule has 10 heteroatoms. The number of carbonyl (C=O) groups excluding carboxylic acids is 1. The molecule has 3 aromatic rings. The molecule has 2 aromatic heterocycles. The van der Waals surface area contributed by atoms with E-state index < -0.39 is 5.41 Å². The highest BCUT2D eigenvalue weighted by atomic mass is 16.5. The number of allylic oxidation sites excluding steroid dienone is 3. The molecule has 0 spiro atoms. The molecule has 1 atom stereocenters. The molecule has 10 nitrogen and oxygen atoms in total. The van der Waals surface area contributed by atoms with Gasteiger partial charge in [-0.05, 0) is 51.8 Å². The average Bonchev–Trinajstić information content (AvgIpc) is 3.43. The van der Waals surface area contributed by atoms with Crippen molar-refractivity contribution in [3.63, 3.8) is 0 Å². The topological polar surface area (TPSA) is 138 Å². The van der Waals surface area contributed by atoms with Crippen molar-refractivity contribution in [1.29, 1.82) is 5.26 Å². The van der Waals surface area contributed by atoms with Crippen LogP contribution in [0.4, 0.5) is 23.1 Å². The smallest absolute Gasteiger partial charge is 0.255 e. The fourth-order valence-electron chi connectivity index (χ4n) is 3.70. The summed E-state index contributed by atoms with van der Waals surface area (Å²) in [6.45, 7) is 12.7. The van der Waals surface area contributed by atoms with Crippen molar-refractivity contribution < 1.29 is 9.53 Å². The quantitative estimate of drug-likeness (QED) is 0.254. The van der Waals surface area contributed by atoms with Crippen LogP contribution in [0.15, 0.2) is 66.7 Å². The number of rotatable bonds is 9. The summed E-state index contributed by atoms with van der Waals surface area (Å²) in [5.41, 5.74) is 4.08. The summed E-state index contributed by atoms with van der Waals surface area (Å²) in [7, 11) is 0. The summed E-state index contributed by atoms with van der Waals surface area (Å²) in [5, 5.41) is 18.8. The van der Waals surface area contributed by atoms with Crippen LogP contribution >= 0.6 is 0 Å². The molecular weight excluding hydrogens is 492 g/mol. The predicted octanol–water partition coefficient (Wildman–Crippen LogP) is 5.22. The van der Waals surface area contributed by atoms with Crippen LogP contribution in [-0.4, -0.2) is 45.1 Å². The minimum absolute atomic E-state index is 0.167. The Bertz CT molecular complexity index is 1500. The third kappa shape index (κ3) is 6.83. The molecular formula is C29H32N8O2. The molecule has 3 heterocycles. The van der Waals surface area contributed by atoms with Crippen LogP contribution in [0.2, 0.25) is 0 Å². The Morgan fingerprint density at radius 3 is 2.85 bits per heavy atom. The number of aromatic nitrogens is 4. The number of aryl methyl sites for hydroxylation is 1. The first kappa shape index (κ1) is 27.4. The number of anilines is 4. The zero-order chi connectivity index (χ0) is 28.0. The summed E-state index contributed by atoms with van der Waals surface area (Å²) < 4.78 is 5.42. The zero-order valence-corrected chi connectivity index (χ0v) is 22.6. The molecule has 0 aliphatic carbocycles. The Morgan fingerprint density at radius 2 is 2.10 bits per heavy atom. The number of ether oxygens (including phenoxy) is 1. The van der Waals surface area contributed by atoms with Gasteiger partial charge in [0.15, 0.2) is 5.82 Å². The van der Waals surface area contributed by atoms with Gasteiger partial charge in [-0.2, -0.15) is 5.26 Å². The zero-order valence-electron chi connectivity index (χ0n) is 22.6. The number of amides is 1.